The minimum atomic E-state index is 0.307. The lowest BCUT2D eigenvalue weighted by atomic mass is 9.98. The summed E-state index contributed by atoms with van der Waals surface area (Å²) in [6.45, 7) is 2.93. The molecule has 0 atom stereocenters. The number of pyridine rings is 1. The Morgan fingerprint density at radius 3 is 2.76 bits per heavy atom. The van der Waals surface area contributed by atoms with E-state index in [-0.39, 0.29) is 0 Å². The van der Waals surface area contributed by atoms with Gasteiger partial charge in [0.15, 0.2) is 0 Å². The zero-order chi connectivity index (χ0) is 14.5. The van der Waals surface area contributed by atoms with Gasteiger partial charge in [0.05, 0.1) is 18.4 Å². The minimum absolute atomic E-state index is 0.307. The van der Waals surface area contributed by atoms with Crippen molar-refractivity contribution in [2.45, 2.75) is 19.4 Å². The molecule has 0 radical (unpaired) electrons. The van der Waals surface area contributed by atoms with Gasteiger partial charge in [-0.15, -0.1) is 0 Å². The molecule has 1 aliphatic heterocycles. The number of rotatable bonds is 5. The number of aliphatic hydroxyl groups is 1. The lowest BCUT2D eigenvalue weighted by Crippen LogP contribution is -2.34. The monoisotopic (exact) mass is 287 g/mol. The number of nitrogens with one attached hydrogen (secondary N) is 2. The van der Waals surface area contributed by atoms with Crippen LogP contribution in [0.15, 0.2) is 30.7 Å². The normalized spacial score (nSPS) is 16.1. The highest BCUT2D eigenvalue weighted by Gasteiger charge is 2.18. The van der Waals surface area contributed by atoms with E-state index in [1.807, 2.05) is 18.5 Å². The zero-order valence-corrected chi connectivity index (χ0v) is 12.0. The lowest BCUT2D eigenvalue weighted by Gasteiger charge is -2.32. The molecule has 112 valence electrons. The van der Waals surface area contributed by atoms with Crippen molar-refractivity contribution in [1.29, 1.82) is 0 Å². The maximum atomic E-state index is 9.17. The summed E-state index contributed by atoms with van der Waals surface area (Å²) in [6, 6.07) is 4.09. The van der Waals surface area contributed by atoms with Crippen LogP contribution in [-0.4, -0.2) is 39.8 Å². The molecular weight excluding hydrogens is 266 g/mol. The second kappa shape index (κ2) is 6.58. The van der Waals surface area contributed by atoms with Crippen molar-refractivity contribution >= 4 is 11.5 Å². The van der Waals surface area contributed by atoms with Gasteiger partial charge in [-0.3, -0.25) is 0 Å². The molecule has 3 rings (SSSR count). The molecule has 3 N–H and O–H groups in total. The number of aliphatic hydroxyl groups excluding tert-OH is 1. The van der Waals surface area contributed by atoms with Gasteiger partial charge >= 0.3 is 0 Å². The molecule has 1 fully saturated rings. The number of nitrogens with zero attached hydrogens (tertiary/aromatic N) is 3. The van der Waals surface area contributed by atoms with Gasteiger partial charge < -0.3 is 20.3 Å². The van der Waals surface area contributed by atoms with Crippen LogP contribution in [0.25, 0.3) is 0 Å². The summed E-state index contributed by atoms with van der Waals surface area (Å²) in [7, 11) is 0. The Morgan fingerprint density at radius 2 is 2.14 bits per heavy atom. The van der Waals surface area contributed by atoms with Gasteiger partial charge in [-0.2, -0.15) is 0 Å². The summed E-state index contributed by atoms with van der Waals surface area (Å²) < 4.78 is 0. The van der Waals surface area contributed by atoms with Crippen molar-refractivity contribution < 1.29 is 5.11 Å². The van der Waals surface area contributed by atoms with Crippen LogP contribution in [0.4, 0.5) is 11.5 Å². The highest BCUT2D eigenvalue weighted by Crippen LogP contribution is 2.23. The van der Waals surface area contributed by atoms with E-state index in [9.17, 15) is 5.11 Å². The Bertz CT molecular complexity index is 532. The quantitative estimate of drug-likeness (QED) is 0.779. The molecule has 1 aliphatic rings. The summed E-state index contributed by atoms with van der Waals surface area (Å²) in [5.41, 5.74) is 1.15. The number of anilines is 2. The molecule has 0 spiro atoms. The molecule has 21 heavy (non-hydrogen) atoms. The van der Waals surface area contributed by atoms with Gasteiger partial charge in [-0.05, 0) is 30.9 Å². The number of aromatic amines is 1. The zero-order valence-electron chi connectivity index (χ0n) is 12.0. The van der Waals surface area contributed by atoms with E-state index in [1.165, 1.54) is 0 Å². The fourth-order valence-electron chi connectivity index (χ4n) is 2.62. The van der Waals surface area contributed by atoms with Crippen molar-refractivity contribution in [3.63, 3.8) is 0 Å². The molecule has 2 aromatic rings. The predicted octanol–water partition coefficient (Wildman–Crippen LogP) is 1.63. The van der Waals surface area contributed by atoms with Crippen molar-refractivity contribution in [3.05, 3.63) is 36.5 Å². The van der Waals surface area contributed by atoms with Crippen LogP contribution >= 0.6 is 0 Å². The van der Waals surface area contributed by atoms with Gasteiger partial charge in [0.25, 0.3) is 0 Å². The Morgan fingerprint density at radius 1 is 1.29 bits per heavy atom. The summed E-state index contributed by atoms with van der Waals surface area (Å²) in [4.78, 5) is 14.0. The average molecular weight is 287 g/mol. The van der Waals surface area contributed by atoms with Crippen LogP contribution in [0, 0.1) is 5.92 Å². The van der Waals surface area contributed by atoms with Crippen molar-refractivity contribution in [3.8, 4) is 0 Å². The SMILES string of the molecule is OCC1CCN(c2ccc(NCc3ncc[nH]3)nc2)CC1. The van der Waals surface area contributed by atoms with Crippen LogP contribution in [0.1, 0.15) is 18.7 Å². The summed E-state index contributed by atoms with van der Waals surface area (Å²) in [5.74, 6) is 2.20. The molecule has 6 nitrogen and oxygen atoms in total. The number of H-pyrrole nitrogens is 1. The number of imidazole rings is 1. The summed E-state index contributed by atoms with van der Waals surface area (Å²) in [6.07, 6.45) is 7.56. The fourth-order valence-corrected chi connectivity index (χ4v) is 2.62. The first-order chi connectivity index (χ1) is 10.3. The molecule has 0 unspecified atom stereocenters. The molecule has 0 bridgehead atoms. The Kier molecular flexibility index (Phi) is 4.35. The third-order valence-electron chi connectivity index (χ3n) is 3.98. The number of hydrogen-bond acceptors (Lipinski definition) is 5. The van der Waals surface area contributed by atoms with Gasteiger partial charge in [0.2, 0.25) is 0 Å². The molecule has 0 aromatic carbocycles. The summed E-state index contributed by atoms with van der Waals surface area (Å²) in [5, 5.41) is 12.4. The molecule has 0 amide bonds. The van der Waals surface area contributed by atoms with Crippen molar-refractivity contribution in [2.24, 2.45) is 5.92 Å². The first-order valence-corrected chi connectivity index (χ1v) is 7.39. The first kappa shape index (κ1) is 13.9. The standard InChI is InChI=1S/C15H21N5O/c21-11-12-3-7-20(8-4-12)13-1-2-14(18-9-13)19-10-15-16-5-6-17-15/h1-2,5-6,9,12,21H,3-4,7-8,10-11H2,(H,16,17)(H,18,19). The van der Waals surface area contributed by atoms with Crippen LogP contribution in [-0.2, 0) is 6.54 Å². The van der Waals surface area contributed by atoms with Gasteiger partial charge in [-0.1, -0.05) is 0 Å². The van der Waals surface area contributed by atoms with E-state index in [2.05, 4.69) is 31.2 Å². The van der Waals surface area contributed by atoms with Crippen molar-refractivity contribution in [1.82, 2.24) is 15.0 Å². The smallest absolute Gasteiger partial charge is 0.126 e. The Labute approximate surface area is 124 Å². The maximum Gasteiger partial charge on any atom is 0.126 e. The Hall–Kier alpha value is -2.08. The lowest BCUT2D eigenvalue weighted by molar-refractivity contribution is 0.203. The van der Waals surface area contributed by atoms with Gasteiger partial charge in [0, 0.05) is 32.1 Å². The van der Waals surface area contributed by atoms with Crippen LogP contribution in [0.5, 0.6) is 0 Å². The average Bonchev–Trinajstić information content (AvgIpc) is 3.07. The van der Waals surface area contributed by atoms with E-state index in [0.29, 0.717) is 19.1 Å². The third kappa shape index (κ3) is 3.52. The van der Waals surface area contributed by atoms with Crippen LogP contribution in [0.3, 0.4) is 0 Å². The number of aromatic nitrogens is 3. The minimum Gasteiger partial charge on any atom is -0.396 e. The van der Waals surface area contributed by atoms with Gasteiger partial charge in [-0.25, -0.2) is 9.97 Å². The third-order valence-corrected chi connectivity index (χ3v) is 3.98. The first-order valence-electron chi connectivity index (χ1n) is 7.39. The second-order valence-corrected chi connectivity index (χ2v) is 5.40. The topological polar surface area (TPSA) is 77.1 Å². The fraction of sp³-hybridized carbons (Fsp3) is 0.467. The largest absolute Gasteiger partial charge is 0.396 e. The maximum absolute atomic E-state index is 9.17. The van der Waals surface area contributed by atoms with E-state index in [0.717, 1.165) is 43.3 Å². The molecular formula is C15H21N5O. The van der Waals surface area contributed by atoms with E-state index in [4.69, 9.17) is 0 Å². The number of hydrogen-bond donors (Lipinski definition) is 3. The van der Waals surface area contributed by atoms with E-state index in [1.54, 1.807) is 6.20 Å². The second-order valence-electron chi connectivity index (χ2n) is 5.40. The molecule has 2 aromatic heterocycles. The van der Waals surface area contributed by atoms with E-state index < -0.39 is 0 Å². The summed E-state index contributed by atoms with van der Waals surface area (Å²) >= 11 is 0. The van der Waals surface area contributed by atoms with Crippen LogP contribution in [0.2, 0.25) is 0 Å². The van der Waals surface area contributed by atoms with Crippen LogP contribution < -0.4 is 10.2 Å². The highest BCUT2D eigenvalue weighted by molar-refractivity contribution is 5.49. The predicted molar refractivity (Wildman–Crippen MR) is 82.2 cm³/mol. The highest BCUT2D eigenvalue weighted by atomic mass is 16.3. The molecule has 6 heteroatoms. The molecule has 0 saturated carbocycles. The molecule has 0 aliphatic carbocycles. The van der Waals surface area contributed by atoms with Crippen molar-refractivity contribution in [2.75, 3.05) is 29.9 Å². The van der Waals surface area contributed by atoms with E-state index >= 15 is 0 Å². The number of piperidine rings is 1. The molecule has 1 saturated heterocycles. The molecule has 3 heterocycles. The Balaban J connectivity index is 1.54. The van der Waals surface area contributed by atoms with Gasteiger partial charge in [0.1, 0.15) is 11.6 Å².